The molecule has 5 rings (SSSR count). The Morgan fingerprint density at radius 2 is 1.74 bits per heavy atom. The predicted octanol–water partition coefficient (Wildman–Crippen LogP) is 5.96. The topological polar surface area (TPSA) is 63.9 Å². The molecule has 1 aliphatic rings. The van der Waals surface area contributed by atoms with Crippen LogP contribution in [0.5, 0.6) is 0 Å². The monoisotopic (exact) mass is 501 g/mol. The summed E-state index contributed by atoms with van der Waals surface area (Å²) in [5, 5.41) is 10.1. The normalized spacial score (nSPS) is 15.4. The maximum absolute atomic E-state index is 13.1. The van der Waals surface area contributed by atoms with Gasteiger partial charge >= 0.3 is 0 Å². The molecule has 3 heterocycles. The smallest absolute Gasteiger partial charge is 0.196 e. The molecule has 0 fully saturated rings. The molecule has 0 atom stereocenters. The van der Waals surface area contributed by atoms with Crippen LogP contribution in [-0.2, 0) is 10.2 Å². The summed E-state index contributed by atoms with van der Waals surface area (Å²) >= 11 is 7.48. The quantitative estimate of drug-likeness (QED) is 0.240. The van der Waals surface area contributed by atoms with Gasteiger partial charge in [-0.1, -0.05) is 55.4 Å². The van der Waals surface area contributed by atoms with Crippen LogP contribution in [-0.4, -0.2) is 38.3 Å². The lowest BCUT2D eigenvalue weighted by Gasteiger charge is -2.23. The van der Waals surface area contributed by atoms with E-state index in [2.05, 4.69) is 46.1 Å². The zero-order chi connectivity index (χ0) is 24.6. The SMILES string of the molecule is CN1C(=CC(=O)CSc2nnc(-c3ccncc3)n2-c2ccc(Cl)cc2)C(C)(C)c2ccccc21. The van der Waals surface area contributed by atoms with Crippen LogP contribution in [0.2, 0.25) is 5.02 Å². The molecule has 8 heteroatoms. The highest BCUT2D eigenvalue weighted by atomic mass is 35.5. The van der Waals surface area contributed by atoms with E-state index in [0.29, 0.717) is 16.0 Å². The number of hydrogen-bond donors (Lipinski definition) is 0. The van der Waals surface area contributed by atoms with Crippen molar-refractivity contribution in [1.82, 2.24) is 19.7 Å². The van der Waals surface area contributed by atoms with Crippen LogP contribution in [0, 0.1) is 0 Å². The lowest BCUT2D eigenvalue weighted by molar-refractivity contribution is -0.112. The van der Waals surface area contributed by atoms with Gasteiger partial charge in [0.25, 0.3) is 0 Å². The van der Waals surface area contributed by atoms with Gasteiger partial charge in [0.2, 0.25) is 0 Å². The number of nitrogens with zero attached hydrogens (tertiary/aromatic N) is 5. The van der Waals surface area contributed by atoms with E-state index in [-0.39, 0.29) is 17.0 Å². The van der Waals surface area contributed by atoms with Crippen molar-refractivity contribution in [3.05, 3.63) is 95.4 Å². The molecular weight excluding hydrogens is 478 g/mol. The molecule has 2 aromatic heterocycles. The number of rotatable bonds is 6. The fraction of sp³-hybridized carbons (Fsp3) is 0.185. The van der Waals surface area contributed by atoms with Crippen molar-refractivity contribution in [2.24, 2.45) is 0 Å². The molecule has 1 aliphatic heterocycles. The molecule has 0 amide bonds. The largest absolute Gasteiger partial charge is 0.347 e. The highest BCUT2D eigenvalue weighted by Crippen LogP contribution is 2.46. The molecule has 6 nitrogen and oxygen atoms in total. The molecule has 0 unspecified atom stereocenters. The maximum Gasteiger partial charge on any atom is 0.196 e. The number of allylic oxidation sites excluding steroid dienone is 2. The van der Waals surface area contributed by atoms with E-state index in [4.69, 9.17) is 11.6 Å². The Morgan fingerprint density at radius 3 is 2.46 bits per heavy atom. The number of aromatic nitrogens is 4. The summed E-state index contributed by atoms with van der Waals surface area (Å²) in [5.41, 5.74) is 4.85. The van der Waals surface area contributed by atoms with Gasteiger partial charge < -0.3 is 4.90 Å². The molecule has 0 bridgehead atoms. The Labute approximate surface area is 213 Å². The van der Waals surface area contributed by atoms with Gasteiger partial charge in [-0.25, -0.2) is 0 Å². The van der Waals surface area contributed by atoms with Gasteiger partial charge in [-0.15, -0.1) is 10.2 Å². The van der Waals surface area contributed by atoms with Crippen LogP contribution in [0.3, 0.4) is 0 Å². The highest BCUT2D eigenvalue weighted by Gasteiger charge is 2.38. The number of carbonyl (C=O) groups is 1. The maximum atomic E-state index is 13.1. The number of thioether (sulfide) groups is 1. The van der Waals surface area contributed by atoms with E-state index in [1.165, 1.54) is 17.3 Å². The molecule has 2 aromatic carbocycles. The van der Waals surface area contributed by atoms with E-state index in [0.717, 1.165) is 22.6 Å². The van der Waals surface area contributed by atoms with Gasteiger partial charge in [0, 0.05) is 58.6 Å². The molecule has 0 saturated carbocycles. The Balaban J connectivity index is 1.43. The van der Waals surface area contributed by atoms with Crippen LogP contribution in [0.25, 0.3) is 17.1 Å². The molecule has 0 N–H and O–H groups in total. The predicted molar refractivity (Wildman–Crippen MR) is 141 cm³/mol. The van der Waals surface area contributed by atoms with E-state index in [1.54, 1.807) is 18.5 Å². The third-order valence-electron chi connectivity index (χ3n) is 6.24. The first-order valence-corrected chi connectivity index (χ1v) is 12.6. The minimum atomic E-state index is -0.247. The zero-order valence-corrected chi connectivity index (χ0v) is 21.2. The second-order valence-electron chi connectivity index (χ2n) is 8.84. The minimum absolute atomic E-state index is 0.0221. The van der Waals surface area contributed by atoms with E-state index in [1.807, 2.05) is 60.1 Å². The molecule has 0 spiro atoms. The summed E-state index contributed by atoms with van der Waals surface area (Å²) < 4.78 is 1.94. The molecule has 0 radical (unpaired) electrons. The third kappa shape index (κ3) is 4.37. The number of halogens is 1. The molecule has 0 aliphatic carbocycles. The van der Waals surface area contributed by atoms with E-state index >= 15 is 0 Å². The van der Waals surface area contributed by atoms with Crippen LogP contribution < -0.4 is 4.90 Å². The average molecular weight is 502 g/mol. The lowest BCUT2D eigenvalue weighted by atomic mass is 9.83. The van der Waals surface area contributed by atoms with Gasteiger partial charge in [0.05, 0.1) is 5.75 Å². The Hall–Kier alpha value is -3.42. The number of pyridine rings is 1. The highest BCUT2D eigenvalue weighted by molar-refractivity contribution is 7.99. The molecular formula is C27H24ClN5OS. The summed E-state index contributed by atoms with van der Waals surface area (Å²) in [6, 6.07) is 19.5. The molecule has 0 saturated heterocycles. The fourth-order valence-corrected chi connectivity index (χ4v) is 5.36. The zero-order valence-electron chi connectivity index (χ0n) is 19.6. The van der Waals surface area contributed by atoms with Crippen molar-refractivity contribution >= 4 is 34.8 Å². The van der Waals surface area contributed by atoms with Crippen molar-refractivity contribution in [1.29, 1.82) is 0 Å². The number of likely N-dealkylation sites (N-methyl/N-ethyl adjacent to an activating group) is 1. The molecule has 35 heavy (non-hydrogen) atoms. The summed E-state index contributed by atoms with van der Waals surface area (Å²) in [4.78, 5) is 19.3. The Bertz CT molecular complexity index is 1410. The summed E-state index contributed by atoms with van der Waals surface area (Å²) in [6.07, 6.45) is 5.20. The number of benzene rings is 2. The van der Waals surface area contributed by atoms with Crippen molar-refractivity contribution < 1.29 is 4.79 Å². The van der Waals surface area contributed by atoms with Gasteiger partial charge in [0.15, 0.2) is 16.8 Å². The average Bonchev–Trinajstić information content (AvgIpc) is 3.37. The van der Waals surface area contributed by atoms with Crippen LogP contribution in [0.4, 0.5) is 5.69 Å². The Kier molecular flexibility index (Phi) is 6.21. The summed E-state index contributed by atoms with van der Waals surface area (Å²) in [6.45, 7) is 4.31. The van der Waals surface area contributed by atoms with Crippen molar-refractivity contribution in [2.45, 2.75) is 24.4 Å². The van der Waals surface area contributed by atoms with Gasteiger partial charge in [-0.3, -0.25) is 14.3 Å². The van der Waals surface area contributed by atoms with E-state index < -0.39 is 0 Å². The van der Waals surface area contributed by atoms with E-state index in [9.17, 15) is 4.79 Å². The Morgan fingerprint density at radius 1 is 1.03 bits per heavy atom. The summed E-state index contributed by atoms with van der Waals surface area (Å²) in [7, 11) is 2.01. The lowest BCUT2D eigenvalue weighted by Crippen LogP contribution is -2.24. The summed E-state index contributed by atoms with van der Waals surface area (Å²) in [5.74, 6) is 0.940. The number of hydrogen-bond acceptors (Lipinski definition) is 6. The first-order chi connectivity index (χ1) is 16.9. The van der Waals surface area contributed by atoms with Gasteiger partial charge in [0.1, 0.15) is 0 Å². The van der Waals surface area contributed by atoms with Gasteiger partial charge in [-0.2, -0.15) is 0 Å². The van der Waals surface area contributed by atoms with Crippen LogP contribution >= 0.6 is 23.4 Å². The minimum Gasteiger partial charge on any atom is -0.347 e. The van der Waals surface area contributed by atoms with Crippen molar-refractivity contribution in [3.8, 4) is 17.1 Å². The van der Waals surface area contributed by atoms with Crippen LogP contribution in [0.1, 0.15) is 19.4 Å². The fourth-order valence-electron chi connectivity index (χ4n) is 4.46. The second-order valence-corrected chi connectivity index (χ2v) is 10.2. The third-order valence-corrected chi connectivity index (χ3v) is 7.44. The van der Waals surface area contributed by atoms with Crippen LogP contribution in [0.15, 0.2) is 90.0 Å². The van der Waals surface area contributed by atoms with Crippen molar-refractivity contribution in [2.75, 3.05) is 17.7 Å². The number of anilines is 1. The standard InChI is InChI=1S/C27H24ClN5OS/c1-27(2)22-6-4-5-7-23(22)32(3)24(27)16-21(34)17-35-26-31-30-25(18-12-14-29-15-13-18)33(26)20-10-8-19(28)9-11-20/h4-16H,17H2,1-3H3. The number of carbonyl (C=O) groups excluding carboxylic acids is 1. The first-order valence-electron chi connectivity index (χ1n) is 11.2. The number of fused-ring (bicyclic) bond motifs is 1. The van der Waals surface area contributed by atoms with Crippen molar-refractivity contribution in [3.63, 3.8) is 0 Å². The molecule has 176 valence electrons. The first kappa shape index (κ1) is 23.3. The molecule has 4 aromatic rings. The number of para-hydroxylation sites is 1. The number of ketones is 1. The van der Waals surface area contributed by atoms with Gasteiger partial charge in [-0.05, 0) is 48.0 Å². The second kappa shape index (κ2) is 9.32.